The van der Waals surface area contributed by atoms with Crippen molar-refractivity contribution in [3.8, 4) is 5.75 Å². The zero-order valence-electron chi connectivity index (χ0n) is 16.0. The number of nitrogens with zero attached hydrogens (tertiary/aromatic N) is 1. The van der Waals surface area contributed by atoms with E-state index in [9.17, 15) is 10.0 Å². The maximum Gasteiger partial charge on any atom is 0.408 e. The average Bonchev–Trinajstić information content (AvgIpc) is 2.79. The van der Waals surface area contributed by atoms with Crippen molar-refractivity contribution < 1.29 is 19.5 Å². The Morgan fingerprint density at radius 2 is 1.59 bits per heavy atom. The molecule has 0 aliphatic heterocycles. The largest absolute Gasteiger partial charge is 0.497 e. The van der Waals surface area contributed by atoms with E-state index in [1.54, 1.807) is 31.4 Å². The van der Waals surface area contributed by atoms with Crippen LogP contribution < -0.4 is 10.1 Å². The van der Waals surface area contributed by atoms with Gasteiger partial charge in [0.05, 0.1) is 7.11 Å². The number of hydrogen-bond acceptors (Lipinski definition) is 5. The summed E-state index contributed by atoms with van der Waals surface area (Å²) in [6.07, 6.45) is -0.614. The van der Waals surface area contributed by atoms with Crippen molar-refractivity contribution in [2.24, 2.45) is 5.16 Å². The maximum absolute atomic E-state index is 12.5. The van der Waals surface area contributed by atoms with Crippen molar-refractivity contribution in [3.05, 3.63) is 102 Å². The lowest BCUT2D eigenvalue weighted by Crippen LogP contribution is -2.34. The third-order valence-corrected chi connectivity index (χ3v) is 4.37. The second-order valence-electron chi connectivity index (χ2n) is 6.26. The molecule has 148 valence electrons. The highest BCUT2D eigenvalue weighted by Crippen LogP contribution is 2.22. The molecule has 2 N–H and O–H groups in total. The minimum atomic E-state index is -0.696. The summed E-state index contributed by atoms with van der Waals surface area (Å²) in [4.78, 5) is 12.5. The molecule has 0 bridgehead atoms. The molecule has 0 aliphatic rings. The fourth-order valence-corrected chi connectivity index (χ4v) is 2.88. The van der Waals surface area contributed by atoms with Gasteiger partial charge in [0.15, 0.2) is 0 Å². The molecule has 3 aromatic rings. The van der Waals surface area contributed by atoms with Crippen LogP contribution in [0.25, 0.3) is 0 Å². The minimum absolute atomic E-state index is 0.141. The van der Waals surface area contributed by atoms with Crippen LogP contribution in [-0.2, 0) is 11.3 Å². The van der Waals surface area contributed by atoms with Gasteiger partial charge < -0.3 is 20.0 Å². The zero-order chi connectivity index (χ0) is 20.5. The van der Waals surface area contributed by atoms with Crippen LogP contribution >= 0.6 is 0 Å². The Hall–Kier alpha value is -3.80. The van der Waals surface area contributed by atoms with Crippen LogP contribution in [0.15, 0.2) is 90.1 Å². The third-order valence-electron chi connectivity index (χ3n) is 4.37. The van der Waals surface area contributed by atoms with E-state index in [0.29, 0.717) is 11.3 Å². The van der Waals surface area contributed by atoms with E-state index in [4.69, 9.17) is 9.47 Å². The number of nitrogens with one attached hydrogen (secondary N) is 1. The summed E-state index contributed by atoms with van der Waals surface area (Å²) in [6.45, 7) is 0.141. The van der Waals surface area contributed by atoms with E-state index in [0.717, 1.165) is 11.1 Å². The molecule has 1 amide bonds. The summed E-state index contributed by atoms with van der Waals surface area (Å²) >= 11 is 0. The van der Waals surface area contributed by atoms with Gasteiger partial charge in [-0.25, -0.2) is 4.79 Å². The molecule has 0 heterocycles. The van der Waals surface area contributed by atoms with Crippen molar-refractivity contribution in [2.45, 2.75) is 12.6 Å². The van der Waals surface area contributed by atoms with Gasteiger partial charge in [0, 0.05) is 5.56 Å². The molecule has 0 spiro atoms. The maximum atomic E-state index is 12.5. The van der Waals surface area contributed by atoms with Gasteiger partial charge in [-0.3, -0.25) is 0 Å². The smallest absolute Gasteiger partial charge is 0.408 e. The minimum Gasteiger partial charge on any atom is -0.497 e. The molecule has 3 aromatic carbocycles. The van der Waals surface area contributed by atoms with Gasteiger partial charge in [0.2, 0.25) is 0 Å². The summed E-state index contributed by atoms with van der Waals surface area (Å²) in [5, 5.41) is 16.0. The molecule has 0 saturated carbocycles. The average molecular weight is 390 g/mol. The first-order valence-corrected chi connectivity index (χ1v) is 9.10. The molecule has 0 radical (unpaired) electrons. The molecule has 3 rings (SSSR count). The van der Waals surface area contributed by atoms with E-state index in [1.807, 2.05) is 60.7 Å². The number of hydrogen-bond donors (Lipinski definition) is 2. The number of ether oxygens (including phenoxy) is 2. The van der Waals surface area contributed by atoms with Crippen LogP contribution in [0.2, 0.25) is 0 Å². The Labute approximate surface area is 169 Å². The molecule has 0 saturated heterocycles. The highest BCUT2D eigenvalue weighted by molar-refractivity contribution is 6.05. The zero-order valence-corrected chi connectivity index (χ0v) is 16.0. The normalized spacial score (nSPS) is 12.1. The highest BCUT2D eigenvalue weighted by Gasteiger charge is 2.23. The number of alkyl carbamates (subject to hydrolysis) is 1. The Morgan fingerprint density at radius 3 is 2.17 bits per heavy atom. The van der Waals surface area contributed by atoms with Crippen molar-refractivity contribution >= 4 is 11.8 Å². The van der Waals surface area contributed by atoms with Crippen LogP contribution in [0.3, 0.4) is 0 Å². The lowest BCUT2D eigenvalue weighted by Gasteiger charge is -2.20. The quantitative estimate of drug-likeness (QED) is 0.353. The monoisotopic (exact) mass is 390 g/mol. The van der Waals surface area contributed by atoms with Crippen molar-refractivity contribution in [2.75, 3.05) is 7.11 Å². The van der Waals surface area contributed by atoms with Gasteiger partial charge in [-0.05, 0) is 35.4 Å². The van der Waals surface area contributed by atoms with Crippen LogP contribution in [0, 0.1) is 0 Å². The number of carbonyl (C=O) groups is 1. The third kappa shape index (κ3) is 5.35. The molecule has 29 heavy (non-hydrogen) atoms. The molecule has 1 atom stereocenters. The summed E-state index contributed by atoms with van der Waals surface area (Å²) in [5.41, 5.74) is 2.57. The topological polar surface area (TPSA) is 80.2 Å². The highest BCUT2D eigenvalue weighted by atomic mass is 16.5. The molecule has 0 aliphatic carbocycles. The van der Waals surface area contributed by atoms with Crippen molar-refractivity contribution in [3.63, 3.8) is 0 Å². The number of methoxy groups -OCH3 is 1. The molecule has 6 nitrogen and oxygen atoms in total. The van der Waals surface area contributed by atoms with Gasteiger partial charge >= 0.3 is 6.09 Å². The van der Waals surface area contributed by atoms with Gasteiger partial charge in [-0.1, -0.05) is 65.8 Å². The summed E-state index contributed by atoms with van der Waals surface area (Å²) in [5.74, 6) is 0.678. The molecule has 0 fully saturated rings. The second-order valence-corrected chi connectivity index (χ2v) is 6.26. The first-order chi connectivity index (χ1) is 14.2. The summed E-state index contributed by atoms with van der Waals surface area (Å²) in [7, 11) is 1.58. The van der Waals surface area contributed by atoms with E-state index in [2.05, 4.69) is 10.5 Å². The van der Waals surface area contributed by atoms with Crippen LogP contribution in [0.5, 0.6) is 5.75 Å². The van der Waals surface area contributed by atoms with E-state index >= 15 is 0 Å². The molecule has 6 heteroatoms. The van der Waals surface area contributed by atoms with E-state index in [1.165, 1.54) is 0 Å². The van der Waals surface area contributed by atoms with Crippen molar-refractivity contribution in [1.29, 1.82) is 0 Å². The molecule has 0 aromatic heterocycles. The Morgan fingerprint density at radius 1 is 0.966 bits per heavy atom. The fraction of sp³-hybridized carbons (Fsp3) is 0.130. The number of benzene rings is 3. The van der Waals surface area contributed by atoms with Crippen LogP contribution in [-0.4, -0.2) is 24.1 Å². The number of carbonyl (C=O) groups excluding carboxylic acids is 1. The Balaban J connectivity index is 1.81. The lowest BCUT2D eigenvalue weighted by molar-refractivity contribution is 0.138. The summed E-state index contributed by atoms with van der Waals surface area (Å²) in [6, 6.07) is 25.0. The lowest BCUT2D eigenvalue weighted by atomic mass is 9.96. The number of oxime groups is 1. The van der Waals surface area contributed by atoms with Gasteiger partial charge in [-0.2, -0.15) is 0 Å². The standard InChI is InChI=1S/C23H22N2O4/c1-28-20-14-12-19(13-15-20)22(25-27)21(18-10-6-3-7-11-18)24-23(26)29-16-17-8-4-2-5-9-17/h2-15,21,27H,16H2,1H3,(H,24,26)/t21-/m0/s1. The van der Waals surface area contributed by atoms with Gasteiger partial charge in [0.25, 0.3) is 0 Å². The Kier molecular flexibility index (Phi) is 6.84. The predicted molar refractivity (Wildman–Crippen MR) is 110 cm³/mol. The first-order valence-electron chi connectivity index (χ1n) is 9.10. The van der Waals surface area contributed by atoms with E-state index < -0.39 is 12.1 Å². The second kappa shape index (κ2) is 9.94. The van der Waals surface area contributed by atoms with E-state index in [-0.39, 0.29) is 12.3 Å². The molecular formula is C23H22N2O4. The van der Waals surface area contributed by atoms with Crippen LogP contribution in [0.1, 0.15) is 22.7 Å². The summed E-state index contributed by atoms with van der Waals surface area (Å²) < 4.78 is 10.5. The number of amides is 1. The van der Waals surface area contributed by atoms with Crippen LogP contribution in [0.4, 0.5) is 4.79 Å². The fourth-order valence-electron chi connectivity index (χ4n) is 2.88. The molecular weight excluding hydrogens is 368 g/mol. The Bertz CT molecular complexity index is 942. The SMILES string of the molecule is COc1ccc(C(=NO)[C@@H](NC(=O)OCc2ccccc2)c2ccccc2)cc1. The molecule has 0 unspecified atom stereocenters. The first kappa shape index (κ1) is 19.9. The van der Waals surface area contributed by atoms with Crippen molar-refractivity contribution in [1.82, 2.24) is 5.32 Å². The van der Waals surface area contributed by atoms with Gasteiger partial charge in [-0.15, -0.1) is 0 Å². The number of rotatable bonds is 7. The predicted octanol–water partition coefficient (Wildman–Crippen LogP) is 4.54. The van der Waals surface area contributed by atoms with Gasteiger partial charge in [0.1, 0.15) is 24.1 Å².